The lowest BCUT2D eigenvalue weighted by Gasteiger charge is -2.36. The third-order valence-electron chi connectivity index (χ3n) is 5.06. The molecule has 3 heteroatoms. The number of hydrogen-bond donors (Lipinski definition) is 1. The molecule has 2 aliphatic carbocycles. The topological polar surface area (TPSA) is 38.5 Å². The first kappa shape index (κ1) is 16.3. The summed E-state index contributed by atoms with van der Waals surface area (Å²) < 4.78 is 5.73. The summed E-state index contributed by atoms with van der Waals surface area (Å²) in [6.07, 6.45) is 9.37. The van der Waals surface area contributed by atoms with Crippen LogP contribution >= 0.6 is 0 Å². The van der Waals surface area contributed by atoms with Crippen molar-refractivity contribution in [3.8, 4) is 0 Å². The molecule has 0 radical (unpaired) electrons. The molecule has 0 saturated heterocycles. The van der Waals surface area contributed by atoms with Crippen LogP contribution in [0.4, 0.5) is 0 Å². The zero-order chi connectivity index (χ0) is 14.4. The summed E-state index contributed by atoms with van der Waals surface area (Å²) in [5.41, 5.74) is 6.33. The van der Waals surface area contributed by atoms with Crippen molar-refractivity contribution in [1.29, 1.82) is 0 Å². The molecule has 2 fully saturated rings. The fraction of sp³-hybridized carbons (Fsp3) is 1.00. The van der Waals surface area contributed by atoms with Crippen molar-refractivity contribution in [3.63, 3.8) is 0 Å². The molecule has 0 bridgehead atoms. The summed E-state index contributed by atoms with van der Waals surface area (Å²) in [6.45, 7) is 6.36. The van der Waals surface area contributed by atoms with Gasteiger partial charge in [-0.3, -0.25) is 0 Å². The van der Waals surface area contributed by atoms with E-state index in [4.69, 9.17) is 10.5 Å². The van der Waals surface area contributed by atoms with Crippen LogP contribution in [0.25, 0.3) is 0 Å². The van der Waals surface area contributed by atoms with E-state index in [1.165, 1.54) is 44.9 Å². The Morgan fingerprint density at radius 2 is 1.90 bits per heavy atom. The Morgan fingerprint density at radius 3 is 2.60 bits per heavy atom. The average Bonchev–Trinajstić information content (AvgIpc) is 3.23. The van der Waals surface area contributed by atoms with Crippen molar-refractivity contribution in [2.45, 2.75) is 57.9 Å². The second-order valence-corrected chi connectivity index (χ2v) is 7.17. The molecule has 0 amide bonds. The van der Waals surface area contributed by atoms with Gasteiger partial charge in [-0.25, -0.2) is 0 Å². The Kier molecular flexibility index (Phi) is 6.79. The maximum absolute atomic E-state index is 6.33. The minimum Gasteiger partial charge on any atom is -0.380 e. The third-order valence-corrected chi connectivity index (χ3v) is 5.06. The monoisotopic (exact) mass is 282 g/mol. The van der Waals surface area contributed by atoms with E-state index in [0.717, 1.165) is 38.1 Å². The summed E-state index contributed by atoms with van der Waals surface area (Å²) in [4.78, 5) is 2.42. The van der Waals surface area contributed by atoms with E-state index in [1.54, 1.807) is 0 Å². The highest BCUT2D eigenvalue weighted by atomic mass is 16.5. The zero-order valence-corrected chi connectivity index (χ0v) is 13.5. The molecule has 3 atom stereocenters. The van der Waals surface area contributed by atoms with E-state index in [-0.39, 0.29) is 0 Å². The van der Waals surface area contributed by atoms with Crippen LogP contribution in [-0.4, -0.2) is 44.3 Å². The van der Waals surface area contributed by atoms with Gasteiger partial charge in [-0.15, -0.1) is 0 Å². The average molecular weight is 282 g/mol. The molecule has 2 N–H and O–H groups in total. The van der Waals surface area contributed by atoms with Gasteiger partial charge in [0, 0.05) is 25.7 Å². The number of ether oxygens (including phenoxy) is 1. The first-order valence-corrected chi connectivity index (χ1v) is 8.71. The molecule has 2 aliphatic rings. The second kappa shape index (κ2) is 8.35. The van der Waals surface area contributed by atoms with Crippen molar-refractivity contribution in [3.05, 3.63) is 0 Å². The first-order valence-electron chi connectivity index (χ1n) is 8.71. The van der Waals surface area contributed by atoms with Crippen LogP contribution in [0.15, 0.2) is 0 Å². The molecular weight excluding hydrogens is 248 g/mol. The smallest absolute Gasteiger partial charge is 0.0593 e. The molecule has 3 unspecified atom stereocenters. The minimum atomic E-state index is 0.415. The second-order valence-electron chi connectivity index (χ2n) is 7.17. The lowest BCUT2D eigenvalue weighted by atomic mass is 9.76. The maximum atomic E-state index is 6.33. The van der Waals surface area contributed by atoms with Gasteiger partial charge in [-0.2, -0.15) is 0 Å². The highest BCUT2D eigenvalue weighted by molar-refractivity contribution is 4.84. The van der Waals surface area contributed by atoms with Gasteiger partial charge in [0.2, 0.25) is 0 Å². The van der Waals surface area contributed by atoms with Gasteiger partial charge in [0.05, 0.1) is 6.61 Å². The van der Waals surface area contributed by atoms with Gasteiger partial charge in [-0.05, 0) is 56.9 Å². The number of hydrogen-bond acceptors (Lipinski definition) is 3. The Balaban J connectivity index is 1.61. The van der Waals surface area contributed by atoms with Crippen LogP contribution in [0.3, 0.4) is 0 Å². The summed E-state index contributed by atoms with van der Waals surface area (Å²) in [5, 5.41) is 0. The fourth-order valence-electron chi connectivity index (χ4n) is 3.51. The number of nitrogens with zero attached hydrogens (tertiary/aromatic N) is 1. The lowest BCUT2D eigenvalue weighted by Crippen LogP contribution is -2.42. The summed E-state index contributed by atoms with van der Waals surface area (Å²) >= 11 is 0. The Morgan fingerprint density at radius 1 is 1.15 bits per heavy atom. The van der Waals surface area contributed by atoms with Gasteiger partial charge >= 0.3 is 0 Å². The van der Waals surface area contributed by atoms with Crippen molar-refractivity contribution in [2.24, 2.45) is 23.5 Å². The Hall–Kier alpha value is -0.120. The van der Waals surface area contributed by atoms with Crippen molar-refractivity contribution in [2.75, 3.05) is 33.4 Å². The van der Waals surface area contributed by atoms with E-state index in [2.05, 4.69) is 18.9 Å². The molecule has 3 nitrogen and oxygen atoms in total. The maximum Gasteiger partial charge on any atom is 0.0593 e. The van der Waals surface area contributed by atoms with Crippen LogP contribution in [0.2, 0.25) is 0 Å². The number of likely N-dealkylation sites (N-methyl/N-ethyl adjacent to an activating group) is 1. The predicted octanol–water partition coefficient (Wildman–Crippen LogP) is 2.89. The summed E-state index contributed by atoms with van der Waals surface area (Å²) in [6, 6.07) is 0.415. The highest BCUT2D eigenvalue weighted by Crippen LogP contribution is 2.31. The van der Waals surface area contributed by atoms with Gasteiger partial charge in [-0.1, -0.05) is 19.8 Å². The first-order chi connectivity index (χ1) is 9.69. The van der Waals surface area contributed by atoms with Crippen LogP contribution < -0.4 is 5.73 Å². The Labute approximate surface area is 125 Å². The minimum absolute atomic E-state index is 0.415. The highest BCUT2D eigenvalue weighted by Gasteiger charge is 2.28. The molecule has 0 aromatic rings. The van der Waals surface area contributed by atoms with Crippen LogP contribution in [0.1, 0.15) is 51.9 Å². The molecule has 0 heterocycles. The number of nitrogens with two attached hydrogens (primary N) is 1. The molecule has 2 saturated carbocycles. The van der Waals surface area contributed by atoms with E-state index in [0.29, 0.717) is 12.0 Å². The SMILES string of the molecule is CCCC1CCC(N)C(CN(C)CCOCC2CC2)C1. The molecule has 0 aliphatic heterocycles. The van der Waals surface area contributed by atoms with E-state index >= 15 is 0 Å². The molecule has 118 valence electrons. The van der Waals surface area contributed by atoms with Gasteiger partial charge in [0.25, 0.3) is 0 Å². The van der Waals surface area contributed by atoms with Gasteiger partial charge < -0.3 is 15.4 Å². The third kappa shape index (κ3) is 5.71. The van der Waals surface area contributed by atoms with Crippen LogP contribution in [0, 0.1) is 17.8 Å². The van der Waals surface area contributed by atoms with E-state index in [1.807, 2.05) is 0 Å². The van der Waals surface area contributed by atoms with Crippen LogP contribution in [-0.2, 0) is 4.74 Å². The summed E-state index contributed by atoms with van der Waals surface area (Å²) in [7, 11) is 2.22. The van der Waals surface area contributed by atoms with Gasteiger partial charge in [0.15, 0.2) is 0 Å². The van der Waals surface area contributed by atoms with E-state index < -0.39 is 0 Å². The largest absolute Gasteiger partial charge is 0.380 e. The molecule has 0 aromatic heterocycles. The molecule has 0 aromatic carbocycles. The van der Waals surface area contributed by atoms with Crippen molar-refractivity contribution in [1.82, 2.24) is 4.90 Å². The number of rotatable bonds is 9. The van der Waals surface area contributed by atoms with Crippen LogP contribution in [0.5, 0.6) is 0 Å². The predicted molar refractivity (Wildman–Crippen MR) is 84.8 cm³/mol. The summed E-state index contributed by atoms with van der Waals surface area (Å²) in [5.74, 6) is 2.49. The Bertz CT molecular complexity index is 268. The normalized spacial score (nSPS) is 30.9. The van der Waals surface area contributed by atoms with Gasteiger partial charge in [0.1, 0.15) is 0 Å². The quantitative estimate of drug-likeness (QED) is 0.661. The lowest BCUT2D eigenvalue weighted by molar-refractivity contribution is 0.0910. The van der Waals surface area contributed by atoms with E-state index in [9.17, 15) is 0 Å². The standard InChI is InChI=1S/C17H34N2O/c1-3-4-14-7-8-17(18)16(11-14)12-19(2)9-10-20-13-15-5-6-15/h14-17H,3-13,18H2,1-2H3. The molecule has 2 rings (SSSR count). The fourth-order valence-corrected chi connectivity index (χ4v) is 3.51. The zero-order valence-electron chi connectivity index (χ0n) is 13.5. The molecule has 20 heavy (non-hydrogen) atoms. The van der Waals surface area contributed by atoms with Crippen molar-refractivity contribution < 1.29 is 4.74 Å². The molecular formula is C17H34N2O. The van der Waals surface area contributed by atoms with Crippen molar-refractivity contribution >= 4 is 0 Å². The molecule has 0 spiro atoms.